The van der Waals surface area contributed by atoms with Gasteiger partial charge in [-0.05, 0) is 53.8 Å². The summed E-state index contributed by atoms with van der Waals surface area (Å²) in [6, 6.07) is 9.31. The fourth-order valence-corrected chi connectivity index (χ4v) is 4.77. The van der Waals surface area contributed by atoms with E-state index < -0.39 is 23.8 Å². The molecule has 1 aromatic heterocycles. The number of piperazine rings is 1. The van der Waals surface area contributed by atoms with Crippen LogP contribution in [0.15, 0.2) is 54.8 Å². The third-order valence-corrected chi connectivity index (χ3v) is 6.34. The number of fused-ring (bicyclic) bond motifs is 1. The van der Waals surface area contributed by atoms with Crippen LogP contribution in [0.2, 0.25) is 0 Å². The van der Waals surface area contributed by atoms with Gasteiger partial charge in [0.05, 0.1) is 6.54 Å². The van der Waals surface area contributed by atoms with Crippen LogP contribution in [0.5, 0.6) is 0 Å². The maximum absolute atomic E-state index is 13.7. The zero-order valence-electron chi connectivity index (χ0n) is 18.3. The van der Waals surface area contributed by atoms with E-state index in [0.717, 1.165) is 47.4 Å². The number of benzene rings is 1. The smallest absolute Gasteiger partial charge is 0.335 e. The number of likely N-dealkylation sites (N-methyl/N-ethyl adjacent to an activating group) is 1. The molecule has 1 fully saturated rings. The van der Waals surface area contributed by atoms with Gasteiger partial charge in [-0.3, -0.25) is 4.90 Å². The van der Waals surface area contributed by atoms with Gasteiger partial charge in [-0.2, -0.15) is 4.39 Å². The number of pyridine rings is 1. The van der Waals surface area contributed by atoms with Crippen LogP contribution < -0.4 is 0 Å². The highest BCUT2D eigenvalue weighted by Crippen LogP contribution is 2.37. The maximum atomic E-state index is 13.7. The monoisotopic (exact) mass is 449 g/mol. The van der Waals surface area contributed by atoms with Gasteiger partial charge in [0.25, 0.3) is 0 Å². The molecule has 1 aromatic carbocycles. The number of hydrogen-bond donors (Lipinski definition) is 0. The molecule has 0 bridgehead atoms. The normalized spacial score (nSPS) is 20.2. The Hall–Kier alpha value is -3.36. The summed E-state index contributed by atoms with van der Waals surface area (Å²) >= 11 is 0. The Morgan fingerprint density at radius 3 is 2.61 bits per heavy atom. The van der Waals surface area contributed by atoms with E-state index in [0.29, 0.717) is 19.5 Å². The summed E-state index contributed by atoms with van der Waals surface area (Å²) in [6.07, 6.45) is 7.30. The average molecular weight is 449 g/mol. The van der Waals surface area contributed by atoms with E-state index in [-0.39, 0.29) is 6.54 Å². The van der Waals surface area contributed by atoms with Crippen molar-refractivity contribution in [2.45, 2.75) is 18.8 Å². The summed E-state index contributed by atoms with van der Waals surface area (Å²) < 4.78 is 24.9. The van der Waals surface area contributed by atoms with Crippen molar-refractivity contribution >= 4 is 17.5 Å². The van der Waals surface area contributed by atoms with Gasteiger partial charge in [0.1, 0.15) is 0 Å². The molecule has 2 aromatic rings. The van der Waals surface area contributed by atoms with Crippen molar-refractivity contribution in [1.29, 1.82) is 0 Å². The van der Waals surface area contributed by atoms with Crippen molar-refractivity contribution < 1.29 is 23.5 Å². The van der Waals surface area contributed by atoms with Gasteiger partial charge in [-0.1, -0.05) is 24.3 Å². The van der Waals surface area contributed by atoms with E-state index in [2.05, 4.69) is 17.1 Å². The predicted molar refractivity (Wildman–Crippen MR) is 119 cm³/mol. The fraction of sp³-hybridized carbons (Fsp3) is 0.320. The largest absolute Gasteiger partial charge is 0.404 e. The second-order valence-corrected chi connectivity index (χ2v) is 8.50. The Morgan fingerprint density at radius 2 is 1.85 bits per heavy atom. The minimum absolute atomic E-state index is 0.277. The molecule has 0 saturated carbocycles. The first-order chi connectivity index (χ1) is 15.9. The van der Waals surface area contributed by atoms with Gasteiger partial charge in [0, 0.05) is 44.0 Å². The van der Waals surface area contributed by atoms with Crippen molar-refractivity contribution in [1.82, 2.24) is 14.8 Å². The topological polar surface area (TPSA) is 72.0 Å². The summed E-state index contributed by atoms with van der Waals surface area (Å²) in [5.74, 6) is -3.14. The van der Waals surface area contributed by atoms with Gasteiger partial charge in [-0.25, -0.2) is 19.5 Å². The van der Waals surface area contributed by atoms with Crippen molar-refractivity contribution in [3.05, 3.63) is 71.8 Å². The number of aromatic nitrogens is 1. The number of carbonyl (C=O) groups excluding carboxylic acids is 2. The van der Waals surface area contributed by atoms with Crippen molar-refractivity contribution in [3.63, 3.8) is 0 Å². The number of nitrogens with zero attached hydrogens (tertiary/aromatic N) is 3. The fourth-order valence-electron chi connectivity index (χ4n) is 4.77. The lowest BCUT2D eigenvalue weighted by Crippen LogP contribution is -2.65. The molecule has 0 atom stereocenters. The predicted octanol–water partition coefficient (Wildman–Crippen LogP) is 2.77. The molecule has 0 radical (unpaired) electrons. The highest BCUT2D eigenvalue weighted by Gasteiger charge is 2.48. The van der Waals surface area contributed by atoms with Crippen molar-refractivity contribution in [2.24, 2.45) is 0 Å². The average Bonchev–Trinajstić information content (AvgIpc) is 3.14. The molecule has 33 heavy (non-hydrogen) atoms. The van der Waals surface area contributed by atoms with Crippen LogP contribution in [0, 0.1) is 5.95 Å². The summed E-state index contributed by atoms with van der Waals surface area (Å²) in [4.78, 5) is 31.9. The van der Waals surface area contributed by atoms with Crippen LogP contribution in [-0.4, -0.2) is 65.9 Å². The number of allylic oxidation sites excluding steroid dienone is 1. The maximum Gasteiger partial charge on any atom is 0.335 e. The molecular formula is C25H24FN3O4. The summed E-state index contributed by atoms with van der Waals surface area (Å²) in [5, 5.41) is 0. The SMILES string of the molecule is CN1CCN(CCC2=CCc3c2cccc3-c2ccnc(F)c2)C2(C1)OC(=O)C=CC(=O)O2. The van der Waals surface area contributed by atoms with Gasteiger partial charge < -0.3 is 9.47 Å². The first-order valence-electron chi connectivity index (χ1n) is 10.9. The zero-order chi connectivity index (χ0) is 23.0. The minimum Gasteiger partial charge on any atom is -0.404 e. The number of hydrogen-bond acceptors (Lipinski definition) is 7. The van der Waals surface area contributed by atoms with Gasteiger partial charge in [0.2, 0.25) is 5.95 Å². The van der Waals surface area contributed by atoms with Crippen LogP contribution in [0.1, 0.15) is 17.5 Å². The molecule has 0 amide bonds. The summed E-state index contributed by atoms with van der Waals surface area (Å²) in [5.41, 5.74) is 5.25. The van der Waals surface area contributed by atoms with Crippen molar-refractivity contribution in [2.75, 3.05) is 33.2 Å². The van der Waals surface area contributed by atoms with Gasteiger partial charge in [0.15, 0.2) is 0 Å². The molecule has 3 aliphatic rings. The van der Waals surface area contributed by atoms with Crippen LogP contribution >= 0.6 is 0 Å². The van der Waals surface area contributed by atoms with Gasteiger partial charge >= 0.3 is 17.8 Å². The lowest BCUT2D eigenvalue weighted by Gasteiger charge is -2.46. The Labute approximate surface area is 191 Å². The number of carbonyl (C=O) groups is 2. The second kappa shape index (κ2) is 8.53. The zero-order valence-corrected chi connectivity index (χ0v) is 18.3. The van der Waals surface area contributed by atoms with E-state index >= 15 is 0 Å². The van der Waals surface area contributed by atoms with Gasteiger partial charge in [-0.15, -0.1) is 0 Å². The molecule has 3 heterocycles. The Kier molecular flexibility index (Phi) is 5.55. The number of halogens is 1. The Morgan fingerprint density at radius 1 is 1.09 bits per heavy atom. The molecule has 5 rings (SSSR count). The Bertz CT molecular complexity index is 1160. The highest BCUT2D eigenvalue weighted by atomic mass is 19.1. The quantitative estimate of drug-likeness (QED) is 0.525. The third-order valence-electron chi connectivity index (χ3n) is 6.34. The van der Waals surface area contributed by atoms with E-state index in [1.165, 1.54) is 17.8 Å². The summed E-state index contributed by atoms with van der Waals surface area (Å²) in [6.45, 7) is 2.18. The highest BCUT2D eigenvalue weighted by molar-refractivity contribution is 5.93. The molecule has 1 spiro atoms. The number of rotatable bonds is 4. The third kappa shape index (κ3) is 4.19. The molecule has 2 aliphatic heterocycles. The van der Waals surface area contributed by atoms with E-state index in [1.807, 2.05) is 35.0 Å². The molecule has 0 N–H and O–H groups in total. The van der Waals surface area contributed by atoms with Crippen LogP contribution in [0.25, 0.3) is 16.7 Å². The number of ether oxygens (including phenoxy) is 2. The lowest BCUT2D eigenvalue weighted by molar-refractivity contribution is -0.297. The second-order valence-electron chi connectivity index (χ2n) is 8.50. The van der Waals surface area contributed by atoms with Crippen LogP contribution in [0.4, 0.5) is 4.39 Å². The Balaban J connectivity index is 1.37. The molecule has 7 nitrogen and oxygen atoms in total. The minimum atomic E-state index is -1.44. The standard InChI is InChI=1S/C25H24FN3O4/c1-28-13-14-29(25(16-28)32-23(30)7-8-24(31)33-25)12-10-17-5-6-21-19(17)3-2-4-20(21)18-9-11-27-22(26)15-18/h2-5,7-9,11,15H,6,10,12-14,16H2,1H3. The van der Waals surface area contributed by atoms with E-state index in [9.17, 15) is 14.0 Å². The van der Waals surface area contributed by atoms with Crippen LogP contribution in [-0.2, 0) is 25.5 Å². The first kappa shape index (κ1) is 21.5. The van der Waals surface area contributed by atoms with Crippen LogP contribution in [0.3, 0.4) is 0 Å². The first-order valence-corrected chi connectivity index (χ1v) is 10.9. The molecular weight excluding hydrogens is 425 g/mol. The van der Waals surface area contributed by atoms with E-state index in [4.69, 9.17) is 9.47 Å². The number of esters is 2. The molecule has 8 heteroatoms. The summed E-state index contributed by atoms with van der Waals surface area (Å²) in [7, 11) is 1.90. The molecule has 0 unspecified atom stereocenters. The molecule has 170 valence electrons. The van der Waals surface area contributed by atoms with Crippen molar-refractivity contribution in [3.8, 4) is 11.1 Å². The van der Waals surface area contributed by atoms with E-state index in [1.54, 1.807) is 0 Å². The lowest BCUT2D eigenvalue weighted by atomic mass is 9.95. The molecule has 1 saturated heterocycles. The molecule has 1 aliphatic carbocycles.